The highest BCUT2D eigenvalue weighted by Crippen LogP contribution is 2.24. The van der Waals surface area contributed by atoms with Gasteiger partial charge in [0.25, 0.3) is 0 Å². The number of piperidine rings is 1. The molecule has 0 aliphatic carbocycles. The van der Waals surface area contributed by atoms with Gasteiger partial charge in [-0.25, -0.2) is 0 Å². The number of aryl methyl sites for hydroxylation is 3. The lowest BCUT2D eigenvalue weighted by Gasteiger charge is -2.26. The molecule has 3 rings (SSSR count). The first-order valence-electron chi connectivity index (χ1n) is 8.04. The monoisotopic (exact) mass is 270 g/mol. The molecule has 2 heterocycles. The third-order valence-electron chi connectivity index (χ3n) is 4.62. The van der Waals surface area contributed by atoms with Crippen LogP contribution in [0.3, 0.4) is 0 Å². The van der Waals surface area contributed by atoms with Gasteiger partial charge in [0, 0.05) is 16.6 Å². The van der Waals surface area contributed by atoms with Crippen molar-refractivity contribution in [2.75, 3.05) is 19.6 Å². The van der Waals surface area contributed by atoms with Gasteiger partial charge >= 0.3 is 0 Å². The molecule has 20 heavy (non-hydrogen) atoms. The number of likely N-dealkylation sites (tertiary alicyclic amines) is 1. The average molecular weight is 270 g/mol. The number of benzene rings is 1. The Labute approximate surface area is 122 Å². The second kappa shape index (κ2) is 6.01. The van der Waals surface area contributed by atoms with Gasteiger partial charge < -0.3 is 9.88 Å². The molecule has 2 nitrogen and oxygen atoms in total. The Morgan fingerprint density at radius 1 is 1.10 bits per heavy atom. The summed E-state index contributed by atoms with van der Waals surface area (Å²) in [5.41, 5.74) is 5.53. The van der Waals surface area contributed by atoms with Gasteiger partial charge in [-0.3, -0.25) is 0 Å². The summed E-state index contributed by atoms with van der Waals surface area (Å²) in [5.74, 6) is 0. The van der Waals surface area contributed by atoms with Gasteiger partial charge in [-0.1, -0.05) is 18.1 Å². The minimum atomic E-state index is 1.20. The van der Waals surface area contributed by atoms with Crippen LogP contribution in [0, 0.1) is 13.8 Å². The van der Waals surface area contributed by atoms with Crippen LogP contribution in [0.25, 0.3) is 10.9 Å². The van der Waals surface area contributed by atoms with Crippen LogP contribution in [0.1, 0.15) is 42.5 Å². The normalized spacial score (nSPS) is 16.9. The van der Waals surface area contributed by atoms with Crippen molar-refractivity contribution < 1.29 is 0 Å². The molecule has 1 aromatic heterocycles. The van der Waals surface area contributed by atoms with Crippen LogP contribution in [0.4, 0.5) is 0 Å². The van der Waals surface area contributed by atoms with Crippen molar-refractivity contribution in [1.82, 2.24) is 9.88 Å². The van der Waals surface area contributed by atoms with Gasteiger partial charge in [-0.2, -0.15) is 0 Å². The molecule has 0 saturated carbocycles. The molecule has 1 N–H and O–H groups in total. The molecule has 0 amide bonds. The maximum absolute atomic E-state index is 3.53. The molecule has 0 radical (unpaired) electrons. The molecule has 108 valence electrons. The smallest absolute Gasteiger partial charge is 0.0459 e. The van der Waals surface area contributed by atoms with Gasteiger partial charge in [0.15, 0.2) is 0 Å². The minimum absolute atomic E-state index is 1.20. The summed E-state index contributed by atoms with van der Waals surface area (Å²) in [7, 11) is 0. The molecule has 1 saturated heterocycles. The van der Waals surface area contributed by atoms with Crippen molar-refractivity contribution in [3.8, 4) is 0 Å². The number of hydrogen-bond donors (Lipinski definition) is 1. The summed E-state index contributed by atoms with van der Waals surface area (Å²) in [6, 6.07) is 6.73. The van der Waals surface area contributed by atoms with E-state index in [0.717, 1.165) is 0 Å². The number of nitrogens with zero attached hydrogens (tertiary/aromatic N) is 1. The fourth-order valence-corrected chi connectivity index (χ4v) is 3.48. The third kappa shape index (κ3) is 2.90. The molecule has 1 fully saturated rings. The van der Waals surface area contributed by atoms with E-state index in [4.69, 9.17) is 0 Å². The number of aromatic amines is 1. The Balaban J connectivity index is 1.67. The fraction of sp³-hybridized carbons (Fsp3) is 0.556. The van der Waals surface area contributed by atoms with Crippen LogP contribution < -0.4 is 0 Å². The lowest BCUT2D eigenvalue weighted by molar-refractivity contribution is 0.226. The first-order chi connectivity index (χ1) is 9.74. The standard InChI is InChI=1S/C18H26N2/c1-14-8-9-18-17(13-14)16(15(2)19-18)7-6-12-20-10-4-3-5-11-20/h8-9,13,19H,3-7,10-12H2,1-2H3. The van der Waals surface area contributed by atoms with E-state index in [9.17, 15) is 0 Å². The van der Waals surface area contributed by atoms with Crippen molar-refractivity contribution in [2.24, 2.45) is 0 Å². The zero-order valence-electron chi connectivity index (χ0n) is 12.8. The van der Waals surface area contributed by atoms with Gasteiger partial charge in [0.2, 0.25) is 0 Å². The molecule has 1 aliphatic heterocycles. The van der Waals surface area contributed by atoms with Crippen LogP contribution in [-0.2, 0) is 6.42 Å². The molecule has 2 heteroatoms. The highest BCUT2D eigenvalue weighted by atomic mass is 15.1. The summed E-state index contributed by atoms with van der Waals surface area (Å²) in [6.45, 7) is 8.28. The van der Waals surface area contributed by atoms with Crippen LogP contribution >= 0.6 is 0 Å². The summed E-state index contributed by atoms with van der Waals surface area (Å²) >= 11 is 0. The van der Waals surface area contributed by atoms with E-state index < -0.39 is 0 Å². The molecule has 0 atom stereocenters. The second-order valence-corrected chi connectivity index (χ2v) is 6.28. The Kier molecular flexibility index (Phi) is 4.11. The maximum Gasteiger partial charge on any atom is 0.0459 e. The topological polar surface area (TPSA) is 19.0 Å². The Morgan fingerprint density at radius 3 is 2.70 bits per heavy atom. The maximum atomic E-state index is 3.53. The second-order valence-electron chi connectivity index (χ2n) is 6.28. The van der Waals surface area contributed by atoms with E-state index in [2.05, 4.69) is 41.9 Å². The molecule has 1 aromatic carbocycles. The number of H-pyrrole nitrogens is 1. The van der Waals surface area contributed by atoms with E-state index in [-0.39, 0.29) is 0 Å². The third-order valence-corrected chi connectivity index (χ3v) is 4.62. The molecule has 2 aromatic rings. The van der Waals surface area contributed by atoms with Gasteiger partial charge in [-0.15, -0.1) is 0 Å². The predicted molar refractivity (Wildman–Crippen MR) is 86.4 cm³/mol. The van der Waals surface area contributed by atoms with Crippen LogP contribution in [0.2, 0.25) is 0 Å². The highest BCUT2D eigenvalue weighted by molar-refractivity contribution is 5.85. The highest BCUT2D eigenvalue weighted by Gasteiger charge is 2.11. The number of hydrogen-bond acceptors (Lipinski definition) is 1. The molecule has 0 bridgehead atoms. The lowest BCUT2D eigenvalue weighted by Crippen LogP contribution is -2.30. The Morgan fingerprint density at radius 2 is 1.90 bits per heavy atom. The van der Waals surface area contributed by atoms with E-state index >= 15 is 0 Å². The first-order valence-corrected chi connectivity index (χ1v) is 8.04. The average Bonchev–Trinajstić information content (AvgIpc) is 2.76. The summed E-state index contributed by atoms with van der Waals surface area (Å²) in [6.07, 6.45) is 6.70. The summed E-state index contributed by atoms with van der Waals surface area (Å²) in [5, 5.41) is 1.43. The van der Waals surface area contributed by atoms with Crippen molar-refractivity contribution in [1.29, 1.82) is 0 Å². The van der Waals surface area contributed by atoms with Crippen molar-refractivity contribution >= 4 is 10.9 Å². The zero-order valence-corrected chi connectivity index (χ0v) is 12.8. The lowest BCUT2D eigenvalue weighted by atomic mass is 10.0. The molecular formula is C18H26N2. The van der Waals surface area contributed by atoms with Crippen LogP contribution in [-0.4, -0.2) is 29.5 Å². The van der Waals surface area contributed by atoms with Crippen molar-refractivity contribution in [3.05, 3.63) is 35.0 Å². The zero-order chi connectivity index (χ0) is 13.9. The number of rotatable bonds is 4. The molecule has 0 unspecified atom stereocenters. The summed E-state index contributed by atoms with van der Waals surface area (Å²) < 4.78 is 0. The number of fused-ring (bicyclic) bond motifs is 1. The Bertz CT molecular complexity index is 576. The van der Waals surface area contributed by atoms with Crippen LogP contribution in [0.5, 0.6) is 0 Å². The fourth-order valence-electron chi connectivity index (χ4n) is 3.48. The minimum Gasteiger partial charge on any atom is -0.358 e. The molecule has 0 spiro atoms. The first kappa shape index (κ1) is 13.7. The van der Waals surface area contributed by atoms with Crippen molar-refractivity contribution in [3.63, 3.8) is 0 Å². The molecular weight excluding hydrogens is 244 g/mol. The van der Waals surface area contributed by atoms with E-state index in [0.29, 0.717) is 0 Å². The predicted octanol–water partition coefficient (Wildman–Crippen LogP) is 4.20. The van der Waals surface area contributed by atoms with Crippen molar-refractivity contribution in [2.45, 2.75) is 46.0 Å². The van der Waals surface area contributed by atoms with Gasteiger partial charge in [-0.05, 0) is 76.9 Å². The Hall–Kier alpha value is -1.28. The van der Waals surface area contributed by atoms with E-state index in [1.807, 2.05) is 0 Å². The molecule has 1 aliphatic rings. The number of nitrogens with one attached hydrogen (secondary N) is 1. The van der Waals surface area contributed by atoms with Gasteiger partial charge in [0.1, 0.15) is 0 Å². The number of aromatic nitrogens is 1. The quantitative estimate of drug-likeness (QED) is 0.882. The largest absolute Gasteiger partial charge is 0.358 e. The summed E-state index contributed by atoms with van der Waals surface area (Å²) in [4.78, 5) is 6.17. The van der Waals surface area contributed by atoms with Crippen LogP contribution in [0.15, 0.2) is 18.2 Å². The SMILES string of the molecule is Cc1ccc2[nH]c(C)c(CCCN3CCCCC3)c2c1. The van der Waals surface area contributed by atoms with Gasteiger partial charge in [0.05, 0.1) is 0 Å². The van der Waals surface area contributed by atoms with E-state index in [1.54, 1.807) is 0 Å². The van der Waals surface area contributed by atoms with E-state index in [1.165, 1.54) is 79.5 Å².